The molecule has 0 unspecified atom stereocenters. The van der Waals surface area contributed by atoms with Gasteiger partial charge in [0, 0.05) is 23.4 Å². The first-order chi connectivity index (χ1) is 8.41. The molecule has 1 aromatic carbocycles. The predicted molar refractivity (Wildman–Crippen MR) is 71.2 cm³/mol. The van der Waals surface area contributed by atoms with Crippen LogP contribution in [-0.2, 0) is 15.7 Å². The lowest BCUT2D eigenvalue weighted by Gasteiger charge is -2.04. The average Bonchev–Trinajstić information content (AvgIpc) is 2.77. The molecule has 0 radical (unpaired) electrons. The van der Waals surface area contributed by atoms with Crippen molar-refractivity contribution in [3.63, 3.8) is 0 Å². The first-order valence-electron chi connectivity index (χ1n) is 5.01. The van der Waals surface area contributed by atoms with E-state index in [-0.39, 0.29) is 4.90 Å². The molecule has 18 heavy (non-hydrogen) atoms. The normalized spacial score (nSPS) is 11.7. The highest BCUT2D eigenvalue weighted by Gasteiger charge is 2.11. The van der Waals surface area contributed by atoms with Crippen LogP contribution in [0.4, 0.5) is 0 Å². The Morgan fingerprint density at radius 2 is 2.11 bits per heavy atom. The molecule has 0 aliphatic rings. The monoisotopic (exact) mass is 304 g/mol. The second-order valence-corrected chi connectivity index (χ2v) is 6.49. The van der Waals surface area contributed by atoms with E-state index in [1.165, 1.54) is 17.1 Å². The summed E-state index contributed by atoms with van der Waals surface area (Å²) >= 11 is 11.7. The zero-order chi connectivity index (χ0) is 13.3. The molecular formula is C11H10Cl2N2O2S. The highest BCUT2D eigenvalue weighted by molar-refractivity contribution is 7.90. The number of alkyl halides is 1. The van der Waals surface area contributed by atoms with E-state index in [1.54, 1.807) is 18.2 Å². The van der Waals surface area contributed by atoms with Crippen LogP contribution in [0, 0.1) is 0 Å². The molecule has 0 bridgehead atoms. The SMILES string of the molecule is CS(=O)(=O)c1cnn(-c2ccc(CCl)c(Cl)c2)c1. The number of benzene rings is 1. The molecule has 0 aliphatic carbocycles. The molecule has 0 atom stereocenters. The maximum atomic E-state index is 11.3. The number of rotatable bonds is 3. The summed E-state index contributed by atoms with van der Waals surface area (Å²) in [7, 11) is -3.25. The molecule has 0 aliphatic heterocycles. The van der Waals surface area contributed by atoms with Gasteiger partial charge in [-0.05, 0) is 17.7 Å². The zero-order valence-corrected chi connectivity index (χ0v) is 11.8. The third-order valence-electron chi connectivity index (χ3n) is 2.43. The predicted octanol–water partition coefficient (Wildman–Crippen LogP) is 2.67. The third-order valence-corrected chi connectivity index (χ3v) is 4.14. The largest absolute Gasteiger partial charge is 0.240 e. The van der Waals surface area contributed by atoms with E-state index in [0.717, 1.165) is 11.8 Å². The lowest BCUT2D eigenvalue weighted by molar-refractivity contribution is 0.602. The van der Waals surface area contributed by atoms with Gasteiger partial charge in [-0.15, -0.1) is 11.6 Å². The quantitative estimate of drug-likeness (QED) is 0.819. The number of nitrogens with zero attached hydrogens (tertiary/aromatic N) is 2. The highest BCUT2D eigenvalue weighted by Crippen LogP contribution is 2.22. The summed E-state index contributed by atoms with van der Waals surface area (Å²) in [6.45, 7) is 0. The highest BCUT2D eigenvalue weighted by atomic mass is 35.5. The number of sulfone groups is 1. The molecule has 0 N–H and O–H groups in total. The van der Waals surface area contributed by atoms with Gasteiger partial charge in [0.05, 0.1) is 11.9 Å². The lowest BCUT2D eigenvalue weighted by Crippen LogP contribution is -1.97. The van der Waals surface area contributed by atoms with Crippen LogP contribution < -0.4 is 0 Å². The summed E-state index contributed by atoms with van der Waals surface area (Å²) in [6.07, 6.45) is 3.89. The molecule has 1 heterocycles. The van der Waals surface area contributed by atoms with Crippen molar-refractivity contribution in [3.05, 3.63) is 41.2 Å². The first-order valence-corrected chi connectivity index (χ1v) is 7.81. The van der Waals surface area contributed by atoms with Crippen molar-refractivity contribution in [1.29, 1.82) is 0 Å². The van der Waals surface area contributed by atoms with Gasteiger partial charge in [-0.2, -0.15) is 5.10 Å². The van der Waals surface area contributed by atoms with E-state index >= 15 is 0 Å². The summed E-state index contributed by atoms with van der Waals surface area (Å²) in [5.74, 6) is 0.326. The Balaban J connectivity index is 2.44. The molecule has 0 spiro atoms. The topological polar surface area (TPSA) is 52.0 Å². The van der Waals surface area contributed by atoms with Crippen LogP contribution in [0.15, 0.2) is 35.5 Å². The third kappa shape index (κ3) is 2.68. The van der Waals surface area contributed by atoms with Gasteiger partial charge >= 0.3 is 0 Å². The molecule has 4 nitrogen and oxygen atoms in total. The van der Waals surface area contributed by atoms with Crippen LogP contribution in [0.3, 0.4) is 0 Å². The number of halogens is 2. The van der Waals surface area contributed by atoms with E-state index < -0.39 is 9.84 Å². The van der Waals surface area contributed by atoms with Gasteiger partial charge in [-0.25, -0.2) is 13.1 Å². The fourth-order valence-corrected chi connectivity index (χ4v) is 2.50. The van der Waals surface area contributed by atoms with E-state index in [2.05, 4.69) is 5.10 Å². The van der Waals surface area contributed by atoms with Crippen molar-refractivity contribution >= 4 is 33.0 Å². The molecule has 0 saturated carbocycles. The van der Waals surface area contributed by atoms with Crippen LogP contribution in [0.2, 0.25) is 5.02 Å². The van der Waals surface area contributed by atoms with E-state index in [1.807, 2.05) is 0 Å². The van der Waals surface area contributed by atoms with Gasteiger partial charge in [0.2, 0.25) is 0 Å². The number of hydrogen-bond donors (Lipinski definition) is 0. The Hall–Kier alpha value is -1.04. The van der Waals surface area contributed by atoms with Crippen molar-refractivity contribution in [2.45, 2.75) is 10.8 Å². The Labute approximate surface area is 115 Å². The minimum atomic E-state index is -3.25. The van der Waals surface area contributed by atoms with Crippen molar-refractivity contribution in [2.24, 2.45) is 0 Å². The maximum absolute atomic E-state index is 11.3. The van der Waals surface area contributed by atoms with Gasteiger partial charge in [0.25, 0.3) is 0 Å². The maximum Gasteiger partial charge on any atom is 0.178 e. The second-order valence-electron chi connectivity index (χ2n) is 3.80. The van der Waals surface area contributed by atoms with Crippen LogP contribution in [0.1, 0.15) is 5.56 Å². The van der Waals surface area contributed by atoms with Crippen LogP contribution >= 0.6 is 23.2 Å². The van der Waals surface area contributed by atoms with E-state index in [9.17, 15) is 8.42 Å². The Kier molecular flexibility index (Phi) is 3.66. The van der Waals surface area contributed by atoms with Crippen LogP contribution in [0.25, 0.3) is 5.69 Å². The minimum Gasteiger partial charge on any atom is -0.240 e. The molecule has 0 amide bonds. The van der Waals surface area contributed by atoms with Crippen molar-refractivity contribution < 1.29 is 8.42 Å². The van der Waals surface area contributed by atoms with E-state index in [4.69, 9.17) is 23.2 Å². The molecule has 0 saturated heterocycles. The fourth-order valence-electron chi connectivity index (χ4n) is 1.43. The second kappa shape index (κ2) is 4.91. The Morgan fingerprint density at radius 1 is 1.39 bits per heavy atom. The van der Waals surface area contributed by atoms with Crippen LogP contribution in [-0.4, -0.2) is 24.5 Å². The molecule has 2 rings (SSSR count). The summed E-state index contributed by atoms with van der Waals surface area (Å²) in [5, 5.41) is 4.52. The minimum absolute atomic E-state index is 0.167. The van der Waals surface area contributed by atoms with Crippen molar-refractivity contribution in [3.8, 4) is 5.69 Å². The van der Waals surface area contributed by atoms with Gasteiger partial charge in [0.1, 0.15) is 4.90 Å². The molecular weight excluding hydrogens is 295 g/mol. The van der Waals surface area contributed by atoms with Gasteiger partial charge in [0.15, 0.2) is 9.84 Å². The average molecular weight is 305 g/mol. The van der Waals surface area contributed by atoms with Gasteiger partial charge in [-0.3, -0.25) is 0 Å². The molecule has 96 valence electrons. The zero-order valence-electron chi connectivity index (χ0n) is 9.47. The summed E-state index contributed by atoms with van der Waals surface area (Å²) in [6, 6.07) is 5.26. The van der Waals surface area contributed by atoms with Crippen molar-refractivity contribution in [1.82, 2.24) is 9.78 Å². The number of aromatic nitrogens is 2. The molecule has 7 heteroatoms. The summed E-state index contributed by atoms with van der Waals surface area (Å²) in [5.41, 5.74) is 1.50. The molecule has 1 aromatic heterocycles. The van der Waals surface area contributed by atoms with Crippen molar-refractivity contribution in [2.75, 3.05) is 6.26 Å². The molecule has 2 aromatic rings. The van der Waals surface area contributed by atoms with E-state index in [0.29, 0.717) is 16.6 Å². The number of hydrogen-bond acceptors (Lipinski definition) is 3. The van der Waals surface area contributed by atoms with Gasteiger partial charge < -0.3 is 0 Å². The Morgan fingerprint density at radius 3 is 2.61 bits per heavy atom. The lowest BCUT2D eigenvalue weighted by atomic mass is 10.2. The standard InChI is InChI=1S/C11H10Cl2N2O2S/c1-18(16,17)10-6-14-15(7-10)9-3-2-8(5-12)11(13)4-9/h2-4,6-7H,5H2,1H3. The smallest absolute Gasteiger partial charge is 0.178 e. The first kappa shape index (κ1) is 13.4. The summed E-state index contributed by atoms with van der Waals surface area (Å²) in [4.78, 5) is 0.167. The van der Waals surface area contributed by atoms with Gasteiger partial charge in [-0.1, -0.05) is 17.7 Å². The summed E-state index contributed by atoms with van der Waals surface area (Å²) < 4.78 is 24.2. The fraction of sp³-hybridized carbons (Fsp3) is 0.182. The van der Waals surface area contributed by atoms with Crippen LogP contribution in [0.5, 0.6) is 0 Å². The molecule has 0 fully saturated rings. The Bertz CT molecular complexity index is 680.